The van der Waals surface area contributed by atoms with E-state index in [9.17, 15) is 19.7 Å². The predicted octanol–water partition coefficient (Wildman–Crippen LogP) is 3.97. The van der Waals surface area contributed by atoms with Crippen LogP contribution in [0.5, 0.6) is 5.75 Å². The van der Waals surface area contributed by atoms with Crippen LogP contribution in [0, 0.1) is 28.1 Å². The fraction of sp³-hybridized carbons (Fsp3) is 0.667. The number of ether oxygens (including phenoxy) is 2. The van der Waals surface area contributed by atoms with Crippen LogP contribution in [0.25, 0.3) is 0 Å². The minimum absolute atomic E-state index is 0.0317. The number of aliphatic hydroxyl groups excluding tert-OH is 1. The zero-order valence-corrected chi connectivity index (χ0v) is 23.5. The molecule has 0 spiro atoms. The Morgan fingerprint density at radius 1 is 1.29 bits per heavy atom. The van der Waals surface area contributed by atoms with E-state index in [0.29, 0.717) is 43.0 Å². The van der Waals surface area contributed by atoms with Crippen molar-refractivity contribution in [2.75, 3.05) is 6.61 Å². The highest BCUT2D eigenvalue weighted by atomic mass is 16.6. The number of carbonyl (C=O) groups is 2. The topological polar surface area (TPSA) is 102 Å². The molecular formula is C30H43BO7. The average molecular weight is 526 g/mol. The van der Waals surface area contributed by atoms with E-state index >= 15 is 0 Å². The van der Waals surface area contributed by atoms with E-state index in [1.54, 1.807) is 25.1 Å². The molecule has 1 aromatic rings. The average Bonchev–Trinajstić information content (AvgIpc) is 3.26. The maximum atomic E-state index is 13.2. The fourth-order valence-electron chi connectivity index (χ4n) is 7.20. The van der Waals surface area contributed by atoms with Crippen molar-refractivity contribution in [1.82, 2.24) is 0 Å². The number of hydrogen-bond donors (Lipinski definition) is 2. The van der Waals surface area contributed by atoms with Gasteiger partial charge in [-0.05, 0) is 79.4 Å². The number of Topliss-reactive ketones (excluding diaryl/α,β-unsaturated/α-hetero) is 1. The minimum atomic E-state index is -0.989. The lowest BCUT2D eigenvalue weighted by molar-refractivity contribution is -0.190. The maximum absolute atomic E-state index is 13.2. The third-order valence-corrected chi connectivity index (χ3v) is 10.3. The second-order valence-electron chi connectivity index (χ2n) is 12.6. The van der Waals surface area contributed by atoms with Crippen molar-refractivity contribution in [3.8, 4) is 5.75 Å². The Labute approximate surface area is 227 Å². The molecule has 1 heterocycles. The lowest BCUT2D eigenvalue weighted by Gasteiger charge is -2.60. The Hall–Kier alpha value is -2.16. The number of esters is 1. The molecule has 0 radical (unpaired) electrons. The summed E-state index contributed by atoms with van der Waals surface area (Å²) in [5, 5.41) is 21.6. The number of aliphatic hydroxyl groups is 1. The molecule has 0 saturated heterocycles. The smallest absolute Gasteiger partial charge is 0.482 e. The first-order valence-electron chi connectivity index (χ1n) is 13.9. The van der Waals surface area contributed by atoms with Gasteiger partial charge in [0.25, 0.3) is 0 Å². The first-order valence-corrected chi connectivity index (χ1v) is 13.9. The van der Waals surface area contributed by atoms with Crippen LogP contribution >= 0.6 is 0 Å². The summed E-state index contributed by atoms with van der Waals surface area (Å²) >= 11 is 0. The second-order valence-corrected chi connectivity index (χ2v) is 12.6. The highest BCUT2D eigenvalue weighted by Crippen LogP contribution is 2.62. The standard InChI is InChI=1S/C30H43BO7/c1-7-28(5)15-25(38-26(33)17-36-23-9-8-22-16-37-31(35)24(22)14-23)29(6)18-30(12-10-19(29)2,13-11-20(3)32)21(4)27(28)34/h7-9,14,19,21,25,27,34-35H,1,10-13,15-18H2,2-6H3/t19-,21+,25-,27+,28-,29+,30-/m1/s1. The third-order valence-electron chi connectivity index (χ3n) is 10.3. The lowest BCUT2D eigenvalue weighted by Crippen LogP contribution is -2.58. The van der Waals surface area contributed by atoms with Crippen molar-refractivity contribution in [2.24, 2.45) is 28.1 Å². The first kappa shape index (κ1) is 28.8. The third kappa shape index (κ3) is 5.32. The van der Waals surface area contributed by atoms with Crippen LogP contribution in [0.15, 0.2) is 30.9 Å². The quantitative estimate of drug-likeness (QED) is 0.300. The molecule has 3 aliphatic rings. The molecule has 1 aliphatic heterocycles. The monoisotopic (exact) mass is 526 g/mol. The Morgan fingerprint density at radius 2 is 2.03 bits per heavy atom. The molecule has 4 rings (SSSR count). The summed E-state index contributed by atoms with van der Waals surface area (Å²) in [6, 6.07) is 5.27. The summed E-state index contributed by atoms with van der Waals surface area (Å²) in [5.41, 5.74) is 0.308. The van der Waals surface area contributed by atoms with E-state index in [1.807, 2.05) is 13.0 Å². The van der Waals surface area contributed by atoms with Crippen molar-refractivity contribution in [2.45, 2.75) is 92.0 Å². The molecule has 2 fully saturated rings. The van der Waals surface area contributed by atoms with Crippen LogP contribution in [0.2, 0.25) is 0 Å². The van der Waals surface area contributed by atoms with Gasteiger partial charge in [-0.3, -0.25) is 0 Å². The van der Waals surface area contributed by atoms with Gasteiger partial charge in [0.05, 0.1) is 12.7 Å². The van der Waals surface area contributed by atoms with E-state index in [-0.39, 0.29) is 29.1 Å². The summed E-state index contributed by atoms with van der Waals surface area (Å²) in [5.74, 6) is 0.400. The van der Waals surface area contributed by atoms with Gasteiger partial charge in [-0.1, -0.05) is 39.8 Å². The number of fused-ring (bicyclic) bond motifs is 3. The van der Waals surface area contributed by atoms with Crippen molar-refractivity contribution >= 4 is 24.3 Å². The number of ketones is 1. The second kappa shape index (κ2) is 10.8. The molecule has 2 saturated carbocycles. The van der Waals surface area contributed by atoms with E-state index in [2.05, 4.69) is 27.4 Å². The highest BCUT2D eigenvalue weighted by Gasteiger charge is 2.58. The van der Waals surface area contributed by atoms with Crippen LogP contribution in [-0.2, 0) is 25.6 Å². The molecule has 7 nitrogen and oxygen atoms in total. The molecule has 0 aromatic heterocycles. The summed E-state index contributed by atoms with van der Waals surface area (Å²) in [6.45, 7) is 14.3. The fourth-order valence-corrected chi connectivity index (χ4v) is 7.20. The Balaban J connectivity index is 1.58. The molecule has 2 aliphatic carbocycles. The van der Waals surface area contributed by atoms with Crippen molar-refractivity contribution in [1.29, 1.82) is 0 Å². The summed E-state index contributed by atoms with van der Waals surface area (Å²) in [4.78, 5) is 25.2. The van der Waals surface area contributed by atoms with Gasteiger partial charge in [0.1, 0.15) is 17.6 Å². The maximum Gasteiger partial charge on any atom is 0.491 e. The molecule has 8 heteroatoms. The number of carbonyl (C=O) groups excluding carboxylic acids is 2. The Kier molecular flexibility index (Phi) is 8.18. The number of rotatable bonds is 8. The molecule has 0 amide bonds. The molecule has 38 heavy (non-hydrogen) atoms. The van der Waals surface area contributed by atoms with E-state index in [4.69, 9.17) is 14.1 Å². The normalized spacial score (nSPS) is 36.6. The number of benzene rings is 1. The molecule has 2 bridgehead atoms. The summed E-state index contributed by atoms with van der Waals surface area (Å²) in [7, 11) is -0.989. The van der Waals surface area contributed by atoms with Gasteiger partial charge < -0.3 is 29.1 Å². The van der Waals surface area contributed by atoms with Gasteiger partial charge in [0, 0.05) is 17.3 Å². The van der Waals surface area contributed by atoms with Crippen LogP contribution < -0.4 is 10.2 Å². The summed E-state index contributed by atoms with van der Waals surface area (Å²) < 4.78 is 17.2. The molecule has 1 aromatic carbocycles. The predicted molar refractivity (Wildman–Crippen MR) is 146 cm³/mol. The van der Waals surface area contributed by atoms with Crippen molar-refractivity contribution in [3.63, 3.8) is 0 Å². The van der Waals surface area contributed by atoms with Gasteiger partial charge in [-0.2, -0.15) is 0 Å². The lowest BCUT2D eigenvalue weighted by atomic mass is 9.47. The van der Waals surface area contributed by atoms with Crippen molar-refractivity contribution in [3.05, 3.63) is 36.4 Å². The van der Waals surface area contributed by atoms with Crippen LogP contribution in [-0.4, -0.2) is 47.8 Å². The van der Waals surface area contributed by atoms with E-state index in [0.717, 1.165) is 24.8 Å². The molecule has 2 N–H and O–H groups in total. The van der Waals surface area contributed by atoms with Gasteiger partial charge in [0.15, 0.2) is 6.61 Å². The van der Waals surface area contributed by atoms with E-state index < -0.39 is 30.7 Å². The van der Waals surface area contributed by atoms with Gasteiger partial charge in [-0.25, -0.2) is 4.79 Å². The van der Waals surface area contributed by atoms with Crippen LogP contribution in [0.3, 0.4) is 0 Å². The largest absolute Gasteiger partial charge is 0.491 e. The Bertz CT molecular complexity index is 1070. The first-order chi connectivity index (χ1) is 17.8. The minimum Gasteiger partial charge on any atom is -0.482 e. The molecular weight excluding hydrogens is 483 g/mol. The number of hydrogen-bond acceptors (Lipinski definition) is 7. The summed E-state index contributed by atoms with van der Waals surface area (Å²) in [6.07, 6.45) is 4.98. The van der Waals surface area contributed by atoms with Gasteiger partial charge >= 0.3 is 13.1 Å². The molecule has 7 atom stereocenters. The van der Waals surface area contributed by atoms with Crippen LogP contribution in [0.4, 0.5) is 0 Å². The van der Waals surface area contributed by atoms with E-state index in [1.165, 1.54) is 0 Å². The molecule has 0 unspecified atom stereocenters. The van der Waals surface area contributed by atoms with Crippen molar-refractivity contribution < 1.29 is 33.8 Å². The highest BCUT2D eigenvalue weighted by molar-refractivity contribution is 6.61. The van der Waals surface area contributed by atoms with Gasteiger partial charge in [0.2, 0.25) is 0 Å². The Morgan fingerprint density at radius 3 is 2.71 bits per heavy atom. The zero-order chi connectivity index (χ0) is 27.9. The molecule has 208 valence electrons. The van der Waals surface area contributed by atoms with Crippen LogP contribution in [0.1, 0.15) is 78.7 Å². The zero-order valence-electron chi connectivity index (χ0n) is 23.5. The van der Waals surface area contributed by atoms with Gasteiger partial charge in [-0.15, -0.1) is 6.58 Å². The SMILES string of the molecule is C=C[C@]1(C)C[C@@H](OC(=O)COc2ccc3c(c2)B(O)OC3)[C@@]2(C)C[C@](CCC(C)=O)(CC[C@H]2C)[C@@H](C)[C@@H]1O.